The van der Waals surface area contributed by atoms with Gasteiger partial charge in [0.2, 0.25) is 5.95 Å². The first-order chi connectivity index (χ1) is 13.5. The summed E-state index contributed by atoms with van der Waals surface area (Å²) in [5, 5.41) is 0. The van der Waals surface area contributed by atoms with E-state index in [4.69, 9.17) is 19.5 Å². The number of imidazole rings is 1. The second-order valence-corrected chi connectivity index (χ2v) is 7.89. The van der Waals surface area contributed by atoms with Gasteiger partial charge in [-0.15, -0.1) is 0 Å². The summed E-state index contributed by atoms with van der Waals surface area (Å²) < 4.78 is 30.9. The van der Waals surface area contributed by atoms with Gasteiger partial charge in [-0.1, -0.05) is 25.1 Å². The molecule has 1 saturated carbocycles. The predicted molar refractivity (Wildman–Crippen MR) is 100 cm³/mol. The minimum absolute atomic E-state index is 0.0212. The van der Waals surface area contributed by atoms with Crippen LogP contribution in [0.25, 0.3) is 11.2 Å². The molecule has 10 nitrogen and oxygen atoms in total. The van der Waals surface area contributed by atoms with Crippen LogP contribution in [-0.4, -0.2) is 31.7 Å². The van der Waals surface area contributed by atoms with Crippen molar-refractivity contribution in [2.24, 2.45) is 11.8 Å². The van der Waals surface area contributed by atoms with Crippen molar-refractivity contribution in [1.82, 2.24) is 19.5 Å². The van der Waals surface area contributed by atoms with Gasteiger partial charge in [-0.05, 0) is 12.1 Å². The first-order valence-corrected chi connectivity index (χ1v) is 10.1. The Kier molecular flexibility index (Phi) is 4.01. The van der Waals surface area contributed by atoms with E-state index in [0.717, 1.165) is 0 Å². The lowest BCUT2D eigenvalue weighted by molar-refractivity contribution is -0.0241. The summed E-state index contributed by atoms with van der Waals surface area (Å²) in [6, 6.07) is 8.89. The maximum atomic E-state index is 12.2. The van der Waals surface area contributed by atoms with Crippen molar-refractivity contribution in [2.45, 2.75) is 25.4 Å². The Morgan fingerprint density at radius 3 is 2.82 bits per heavy atom. The molecule has 0 radical (unpaired) electrons. The lowest BCUT2D eigenvalue weighted by Crippen LogP contribution is -2.21. The van der Waals surface area contributed by atoms with E-state index in [1.165, 1.54) is 6.33 Å². The van der Waals surface area contributed by atoms with E-state index in [2.05, 4.69) is 15.0 Å². The molecule has 3 unspecified atom stereocenters. The van der Waals surface area contributed by atoms with E-state index in [1.807, 2.05) is 13.0 Å². The number of nitrogens with one attached hydrogen (secondary N) is 1. The number of fused-ring (bicyclic) bond motifs is 2. The molecule has 28 heavy (non-hydrogen) atoms. The second kappa shape index (κ2) is 6.44. The number of para-hydroxylation sites is 1. The van der Waals surface area contributed by atoms with Crippen LogP contribution in [0.1, 0.15) is 13.2 Å². The topological polar surface area (TPSA) is 134 Å². The van der Waals surface area contributed by atoms with Crippen molar-refractivity contribution < 1.29 is 18.3 Å². The van der Waals surface area contributed by atoms with E-state index in [1.54, 1.807) is 28.8 Å². The first-order valence-electron chi connectivity index (χ1n) is 8.84. The van der Waals surface area contributed by atoms with Gasteiger partial charge in [0.15, 0.2) is 11.2 Å². The molecule has 1 aliphatic carbocycles. The van der Waals surface area contributed by atoms with Crippen LogP contribution in [0.4, 0.5) is 5.95 Å². The summed E-state index contributed by atoms with van der Waals surface area (Å²) >= 11 is 0. The lowest BCUT2D eigenvalue weighted by Gasteiger charge is -2.22. The van der Waals surface area contributed by atoms with Crippen molar-refractivity contribution in [3.8, 4) is 5.75 Å². The zero-order chi connectivity index (χ0) is 19.4. The third-order valence-corrected chi connectivity index (χ3v) is 6.06. The third-order valence-electron chi connectivity index (χ3n) is 5.20. The molecule has 1 aromatic carbocycles. The summed E-state index contributed by atoms with van der Waals surface area (Å²) in [5.74, 6) is 0.645. The van der Waals surface area contributed by atoms with Gasteiger partial charge in [0.25, 0.3) is 5.56 Å². The largest absolute Gasteiger partial charge is 0.426 e. The monoisotopic (exact) mass is 403 g/mol. The van der Waals surface area contributed by atoms with Gasteiger partial charge in [0.1, 0.15) is 18.1 Å². The number of hydrogen-bond donors (Lipinski definition) is 2. The minimum atomic E-state index is -2.68. The van der Waals surface area contributed by atoms with E-state index in [-0.39, 0.29) is 41.7 Å². The Morgan fingerprint density at radius 1 is 1.32 bits per heavy atom. The average molecular weight is 403 g/mol. The molecule has 2 aromatic heterocycles. The summed E-state index contributed by atoms with van der Waals surface area (Å²) in [7, 11) is -2.68. The second-order valence-electron chi connectivity index (χ2n) is 6.95. The molecule has 0 bridgehead atoms. The fourth-order valence-electron chi connectivity index (χ4n) is 3.83. The first kappa shape index (κ1) is 17.4. The molecule has 146 valence electrons. The zero-order valence-corrected chi connectivity index (χ0v) is 15.8. The van der Waals surface area contributed by atoms with Gasteiger partial charge in [-0.25, -0.2) is 9.55 Å². The van der Waals surface area contributed by atoms with Crippen molar-refractivity contribution >= 4 is 25.4 Å². The van der Waals surface area contributed by atoms with Crippen LogP contribution >= 0.6 is 8.25 Å². The Morgan fingerprint density at radius 2 is 2.11 bits per heavy atom. The van der Waals surface area contributed by atoms with Crippen molar-refractivity contribution in [3.05, 3.63) is 47.0 Å². The molecule has 1 aliphatic heterocycles. The molecule has 5 rings (SSSR count). The van der Waals surface area contributed by atoms with Crippen LogP contribution < -0.4 is 15.8 Å². The van der Waals surface area contributed by atoms with E-state index in [0.29, 0.717) is 11.4 Å². The Hall–Kier alpha value is -2.68. The molecule has 2 fully saturated rings. The minimum Gasteiger partial charge on any atom is -0.426 e. The van der Waals surface area contributed by atoms with Crippen LogP contribution in [0.5, 0.6) is 5.75 Å². The lowest BCUT2D eigenvalue weighted by atomic mass is 10.1. The SMILES string of the molecule is C[C@H]1C2C(O[PH](=O)Oc3ccccc3)[C@H]2O[C@H]1n1cnc2c(=O)[nH]c(N)nc21. The summed E-state index contributed by atoms with van der Waals surface area (Å²) in [6.45, 7) is 2.01. The molecule has 1 saturated heterocycles. The maximum absolute atomic E-state index is 12.2. The number of hydrogen-bond acceptors (Lipinski definition) is 8. The van der Waals surface area contributed by atoms with E-state index in [9.17, 15) is 9.36 Å². The molecule has 3 N–H and O–H groups in total. The Labute approximate surface area is 159 Å². The van der Waals surface area contributed by atoms with Gasteiger partial charge in [-0.3, -0.25) is 18.9 Å². The van der Waals surface area contributed by atoms with Crippen LogP contribution in [-0.2, 0) is 13.8 Å². The molecule has 3 aromatic rings. The highest BCUT2D eigenvalue weighted by atomic mass is 31.1. The number of aromatic amines is 1. The Balaban J connectivity index is 1.28. The molecule has 3 heterocycles. The highest BCUT2D eigenvalue weighted by Gasteiger charge is 2.64. The van der Waals surface area contributed by atoms with Crippen LogP contribution in [0.3, 0.4) is 0 Å². The fraction of sp³-hybridized carbons (Fsp3) is 0.353. The summed E-state index contributed by atoms with van der Waals surface area (Å²) in [5.41, 5.74) is 5.84. The highest BCUT2D eigenvalue weighted by Crippen LogP contribution is 2.57. The van der Waals surface area contributed by atoms with E-state index < -0.39 is 13.8 Å². The van der Waals surface area contributed by atoms with Gasteiger partial charge in [0.05, 0.1) is 12.4 Å². The molecular formula is C17H18N5O5P. The van der Waals surface area contributed by atoms with Gasteiger partial charge in [-0.2, -0.15) is 4.98 Å². The number of H-pyrrole nitrogens is 1. The number of nitrogen functional groups attached to an aromatic ring is 1. The number of rotatable bonds is 5. The fourth-order valence-corrected chi connectivity index (χ4v) is 4.72. The average Bonchev–Trinajstić information content (AvgIpc) is 2.97. The van der Waals surface area contributed by atoms with Gasteiger partial charge in [0, 0.05) is 11.8 Å². The quantitative estimate of drug-likeness (QED) is 0.615. The van der Waals surface area contributed by atoms with Crippen molar-refractivity contribution in [3.63, 3.8) is 0 Å². The summed E-state index contributed by atoms with van der Waals surface area (Å²) in [4.78, 5) is 22.7. The molecule has 0 amide bonds. The normalized spacial score (nSPS) is 29.5. The maximum Gasteiger partial charge on any atom is 0.368 e. The molecule has 11 heteroatoms. The number of ether oxygens (including phenoxy) is 1. The standard InChI is InChI=1S/C17H18N5O5P/c1-8-10-12(13(10)27-28(24)26-9-5-3-2-4-6-9)25-16(8)22-7-19-11-14(22)20-17(18)21-15(11)23/h2-8,10,12-13,16,28H,1H3,(H3,18,20,21,23)/t8-,10?,12-,13?,16+/m0/s1. The van der Waals surface area contributed by atoms with Crippen molar-refractivity contribution in [2.75, 3.05) is 5.73 Å². The number of nitrogens with two attached hydrogens (primary N) is 1. The number of aromatic nitrogens is 4. The van der Waals surface area contributed by atoms with E-state index >= 15 is 0 Å². The highest BCUT2D eigenvalue weighted by molar-refractivity contribution is 7.33. The predicted octanol–water partition coefficient (Wildman–Crippen LogP) is 1.72. The van der Waals surface area contributed by atoms with Crippen LogP contribution in [0.2, 0.25) is 0 Å². The van der Waals surface area contributed by atoms with Gasteiger partial charge < -0.3 is 15.0 Å². The molecule has 6 atom stereocenters. The third kappa shape index (κ3) is 2.81. The van der Waals surface area contributed by atoms with Crippen LogP contribution in [0, 0.1) is 11.8 Å². The van der Waals surface area contributed by atoms with Crippen LogP contribution in [0.15, 0.2) is 41.5 Å². The summed E-state index contributed by atoms with van der Waals surface area (Å²) in [6.07, 6.45) is 0.698. The van der Waals surface area contributed by atoms with Gasteiger partial charge >= 0.3 is 8.25 Å². The number of anilines is 1. The zero-order valence-electron chi connectivity index (χ0n) is 14.8. The molecule has 0 spiro atoms. The smallest absolute Gasteiger partial charge is 0.368 e. The van der Waals surface area contributed by atoms with Crippen molar-refractivity contribution in [1.29, 1.82) is 0 Å². The molecular weight excluding hydrogens is 385 g/mol. The Bertz CT molecular complexity index is 1120. The number of benzene rings is 1. The number of nitrogens with zero attached hydrogens (tertiary/aromatic N) is 3. The molecule has 2 aliphatic rings.